The summed E-state index contributed by atoms with van der Waals surface area (Å²) in [4.78, 5) is 22.3. The number of ether oxygens (including phenoxy) is 2. The molecule has 0 fully saturated rings. The van der Waals surface area contributed by atoms with Gasteiger partial charge in [-0.2, -0.15) is 0 Å². The van der Waals surface area contributed by atoms with Gasteiger partial charge in [-0.3, -0.25) is 4.79 Å². The lowest BCUT2D eigenvalue weighted by atomic mass is 10.2. The lowest BCUT2D eigenvalue weighted by molar-refractivity contribution is 0.0956. The van der Waals surface area contributed by atoms with Crippen molar-refractivity contribution in [2.24, 2.45) is 0 Å². The Hall–Kier alpha value is -2.45. The van der Waals surface area contributed by atoms with Gasteiger partial charge in [0.05, 0.1) is 24.9 Å². The molecule has 8 heteroatoms. The van der Waals surface area contributed by atoms with Crippen molar-refractivity contribution in [3.8, 4) is 22.1 Å². The number of unbranched alkanes of at least 4 members (excludes halogenated alkanes) is 1. The lowest BCUT2D eigenvalue weighted by Crippen LogP contribution is -2.24. The number of carbonyl (C=O) groups excluding carboxylic acids is 1. The summed E-state index contributed by atoms with van der Waals surface area (Å²) in [6.45, 7) is 4.51. The van der Waals surface area contributed by atoms with Gasteiger partial charge >= 0.3 is 0 Å². The van der Waals surface area contributed by atoms with Gasteiger partial charge in [-0.05, 0) is 51.3 Å². The predicted octanol–water partition coefficient (Wildman–Crippen LogP) is 4.65. The number of aromatic nitrogens is 2. The topological polar surface area (TPSA) is 73.3 Å². The number of rotatable bonds is 9. The van der Waals surface area contributed by atoms with Crippen molar-refractivity contribution in [1.29, 1.82) is 0 Å². The minimum atomic E-state index is -0.0724. The van der Waals surface area contributed by atoms with E-state index in [4.69, 9.17) is 9.47 Å². The highest BCUT2D eigenvalue weighted by atomic mass is 32.1. The van der Waals surface area contributed by atoms with Crippen molar-refractivity contribution in [2.45, 2.75) is 33.1 Å². The average molecular weight is 432 g/mol. The SMILES string of the molecule is COc1ccc(-c2nc(C)c(C(=O)NCCCCc3nc(C)cs3)s2)cc1OC. The van der Waals surface area contributed by atoms with E-state index in [1.165, 1.54) is 11.3 Å². The Morgan fingerprint density at radius 2 is 1.90 bits per heavy atom. The van der Waals surface area contributed by atoms with Crippen LogP contribution in [0.2, 0.25) is 0 Å². The summed E-state index contributed by atoms with van der Waals surface area (Å²) >= 11 is 3.09. The molecule has 29 heavy (non-hydrogen) atoms. The highest BCUT2D eigenvalue weighted by Crippen LogP contribution is 2.34. The Balaban J connectivity index is 1.57. The molecule has 0 aliphatic rings. The maximum Gasteiger partial charge on any atom is 0.263 e. The summed E-state index contributed by atoms with van der Waals surface area (Å²) in [6.07, 6.45) is 2.88. The molecule has 0 saturated heterocycles. The first-order valence-corrected chi connectivity index (χ1v) is 11.1. The van der Waals surface area contributed by atoms with Crippen molar-refractivity contribution < 1.29 is 14.3 Å². The van der Waals surface area contributed by atoms with Gasteiger partial charge in [0.15, 0.2) is 11.5 Å². The summed E-state index contributed by atoms with van der Waals surface area (Å²) in [5.41, 5.74) is 2.70. The third-order valence-electron chi connectivity index (χ3n) is 4.40. The Labute approximate surface area is 178 Å². The van der Waals surface area contributed by atoms with Crippen molar-refractivity contribution in [3.63, 3.8) is 0 Å². The largest absolute Gasteiger partial charge is 0.493 e. The number of thiazole rings is 2. The molecular weight excluding hydrogens is 406 g/mol. The first-order chi connectivity index (χ1) is 14.0. The number of nitrogens with zero attached hydrogens (tertiary/aromatic N) is 2. The molecule has 154 valence electrons. The number of methoxy groups -OCH3 is 2. The molecule has 0 radical (unpaired) electrons. The van der Waals surface area contributed by atoms with Gasteiger partial charge in [0.25, 0.3) is 5.91 Å². The van der Waals surface area contributed by atoms with Gasteiger partial charge in [0, 0.05) is 23.2 Å². The molecule has 2 aromatic heterocycles. The summed E-state index contributed by atoms with van der Waals surface area (Å²) in [6, 6.07) is 5.63. The van der Waals surface area contributed by atoms with Crippen LogP contribution in [0.4, 0.5) is 0 Å². The molecule has 0 spiro atoms. The van der Waals surface area contributed by atoms with Gasteiger partial charge in [0.2, 0.25) is 0 Å². The van der Waals surface area contributed by atoms with E-state index in [2.05, 4.69) is 20.7 Å². The van der Waals surface area contributed by atoms with Crippen LogP contribution in [0.5, 0.6) is 11.5 Å². The van der Waals surface area contributed by atoms with Crippen LogP contribution in [0.3, 0.4) is 0 Å². The van der Waals surface area contributed by atoms with Crippen molar-refractivity contribution in [2.75, 3.05) is 20.8 Å². The molecule has 2 heterocycles. The zero-order valence-corrected chi connectivity index (χ0v) is 18.7. The van der Waals surface area contributed by atoms with E-state index in [1.54, 1.807) is 25.6 Å². The lowest BCUT2D eigenvalue weighted by Gasteiger charge is -2.08. The molecule has 1 aromatic carbocycles. The summed E-state index contributed by atoms with van der Waals surface area (Å²) in [7, 11) is 3.20. The maximum absolute atomic E-state index is 12.6. The van der Waals surface area contributed by atoms with Gasteiger partial charge in [-0.15, -0.1) is 22.7 Å². The smallest absolute Gasteiger partial charge is 0.263 e. The second kappa shape index (κ2) is 9.84. The van der Waals surface area contributed by atoms with Crippen LogP contribution in [0.25, 0.3) is 10.6 Å². The molecule has 0 saturated carbocycles. The molecule has 0 aliphatic carbocycles. The van der Waals surface area contributed by atoms with Crippen molar-refractivity contribution in [1.82, 2.24) is 15.3 Å². The van der Waals surface area contributed by atoms with E-state index < -0.39 is 0 Å². The normalized spacial score (nSPS) is 10.8. The highest BCUT2D eigenvalue weighted by Gasteiger charge is 2.17. The molecule has 3 rings (SSSR count). The van der Waals surface area contributed by atoms with E-state index in [0.717, 1.165) is 46.2 Å². The first-order valence-electron chi connectivity index (χ1n) is 9.41. The molecule has 0 aliphatic heterocycles. The standard InChI is InChI=1S/C21H25N3O3S2/c1-13-12-28-18(23-13)7-5-6-10-22-20(25)19-14(2)24-21(29-19)15-8-9-16(26-3)17(11-15)27-4/h8-9,11-12H,5-7,10H2,1-4H3,(H,22,25). The van der Waals surface area contributed by atoms with E-state index in [-0.39, 0.29) is 5.91 Å². The molecule has 0 unspecified atom stereocenters. The van der Waals surface area contributed by atoms with E-state index in [0.29, 0.717) is 22.9 Å². The quantitative estimate of drug-likeness (QED) is 0.499. The van der Waals surface area contributed by atoms with E-state index >= 15 is 0 Å². The van der Waals surface area contributed by atoms with Crippen LogP contribution in [-0.4, -0.2) is 36.6 Å². The Morgan fingerprint density at radius 1 is 1.10 bits per heavy atom. The van der Waals surface area contributed by atoms with Crippen LogP contribution in [0.15, 0.2) is 23.6 Å². The third kappa shape index (κ3) is 5.33. The average Bonchev–Trinajstić information content (AvgIpc) is 3.32. The molecule has 0 bridgehead atoms. The fourth-order valence-corrected chi connectivity index (χ4v) is 4.70. The zero-order valence-electron chi connectivity index (χ0n) is 17.1. The number of aryl methyl sites for hydroxylation is 3. The van der Waals surface area contributed by atoms with Crippen LogP contribution in [0.1, 0.15) is 38.9 Å². The summed E-state index contributed by atoms with van der Waals surface area (Å²) < 4.78 is 10.6. The molecule has 0 atom stereocenters. The third-order valence-corrected chi connectivity index (χ3v) is 6.63. The number of nitrogens with one attached hydrogen (secondary N) is 1. The second-order valence-electron chi connectivity index (χ2n) is 6.60. The molecule has 1 amide bonds. The highest BCUT2D eigenvalue weighted by molar-refractivity contribution is 7.17. The van der Waals surface area contributed by atoms with Crippen LogP contribution in [0, 0.1) is 13.8 Å². The monoisotopic (exact) mass is 431 g/mol. The van der Waals surface area contributed by atoms with E-state index in [1.807, 2.05) is 32.0 Å². The van der Waals surface area contributed by atoms with Crippen molar-refractivity contribution >= 4 is 28.6 Å². The van der Waals surface area contributed by atoms with Gasteiger partial charge in [0.1, 0.15) is 9.88 Å². The first kappa shape index (κ1) is 21.3. The number of amides is 1. The number of hydrogen-bond acceptors (Lipinski definition) is 7. The Bertz CT molecular complexity index is 981. The number of benzene rings is 1. The maximum atomic E-state index is 12.6. The summed E-state index contributed by atoms with van der Waals surface area (Å²) in [5.74, 6) is 1.23. The minimum absolute atomic E-state index is 0.0724. The van der Waals surface area contributed by atoms with Gasteiger partial charge in [-0.1, -0.05) is 0 Å². The Kier molecular flexibility index (Phi) is 7.22. The van der Waals surface area contributed by atoms with Gasteiger partial charge < -0.3 is 14.8 Å². The van der Waals surface area contributed by atoms with Crippen molar-refractivity contribution in [3.05, 3.63) is 44.9 Å². The fraction of sp³-hybridized carbons (Fsp3) is 0.381. The molecular formula is C21H25N3O3S2. The fourth-order valence-electron chi connectivity index (χ4n) is 2.90. The van der Waals surface area contributed by atoms with Crippen LogP contribution >= 0.6 is 22.7 Å². The molecule has 6 nitrogen and oxygen atoms in total. The zero-order chi connectivity index (χ0) is 20.8. The van der Waals surface area contributed by atoms with E-state index in [9.17, 15) is 4.79 Å². The number of carbonyl (C=O) groups is 1. The van der Waals surface area contributed by atoms with Crippen LogP contribution < -0.4 is 14.8 Å². The van der Waals surface area contributed by atoms with Gasteiger partial charge in [-0.25, -0.2) is 9.97 Å². The summed E-state index contributed by atoms with van der Waals surface area (Å²) in [5, 5.41) is 7.02. The second-order valence-corrected chi connectivity index (χ2v) is 8.54. The minimum Gasteiger partial charge on any atom is -0.493 e. The Morgan fingerprint density at radius 3 is 2.59 bits per heavy atom. The molecule has 1 N–H and O–H groups in total. The predicted molar refractivity (Wildman–Crippen MR) is 118 cm³/mol. The van der Waals surface area contributed by atoms with Crippen LogP contribution in [-0.2, 0) is 6.42 Å². The molecule has 3 aromatic rings. The number of hydrogen-bond donors (Lipinski definition) is 1.